The van der Waals surface area contributed by atoms with Gasteiger partial charge in [0.25, 0.3) is 5.91 Å². The molecular formula is C29H20N2O6. The van der Waals surface area contributed by atoms with Crippen LogP contribution in [0.1, 0.15) is 31.8 Å². The first-order chi connectivity index (χ1) is 17.8. The Morgan fingerprint density at radius 2 is 1.73 bits per heavy atom. The molecule has 0 radical (unpaired) electrons. The third kappa shape index (κ3) is 4.55. The fraction of sp³-hybridized carbons (Fsp3) is 0.0345. The van der Waals surface area contributed by atoms with Crippen molar-refractivity contribution in [3.8, 4) is 28.2 Å². The van der Waals surface area contributed by atoms with E-state index in [0.717, 1.165) is 11.1 Å². The van der Waals surface area contributed by atoms with Crippen molar-refractivity contribution in [3.63, 3.8) is 0 Å². The Morgan fingerprint density at radius 1 is 0.946 bits per heavy atom. The number of amides is 1. The lowest BCUT2D eigenvalue weighted by atomic mass is 9.90. The topological polar surface area (TPSA) is 129 Å². The quantitative estimate of drug-likeness (QED) is 0.179. The molecule has 5 rings (SSSR count). The first-order valence-electron chi connectivity index (χ1n) is 11.3. The number of fused-ring (bicyclic) bond motifs is 2. The lowest BCUT2D eigenvalue weighted by Crippen LogP contribution is -2.18. The molecular weight excluding hydrogens is 472 g/mol. The summed E-state index contributed by atoms with van der Waals surface area (Å²) in [6, 6.07) is 20.6. The molecule has 0 saturated carbocycles. The van der Waals surface area contributed by atoms with Crippen molar-refractivity contribution in [2.24, 2.45) is 5.10 Å². The zero-order chi connectivity index (χ0) is 26.1. The maximum atomic E-state index is 12.7. The molecule has 182 valence electrons. The Hall–Kier alpha value is -5.24. The molecule has 0 bridgehead atoms. The number of aryl methyl sites for hydroxylation is 1. The zero-order valence-electron chi connectivity index (χ0n) is 19.6. The van der Waals surface area contributed by atoms with Crippen molar-refractivity contribution in [2.45, 2.75) is 6.92 Å². The summed E-state index contributed by atoms with van der Waals surface area (Å²) < 4.78 is 5.83. The largest absolute Gasteiger partial charge is 0.508 e. The van der Waals surface area contributed by atoms with E-state index in [1.807, 2.05) is 31.2 Å². The number of carbonyl (C=O) groups excluding carboxylic acids is 1. The van der Waals surface area contributed by atoms with Crippen LogP contribution in [0.5, 0.6) is 5.75 Å². The average molecular weight is 492 g/mol. The fourth-order valence-corrected chi connectivity index (χ4v) is 4.19. The Morgan fingerprint density at radius 3 is 2.51 bits per heavy atom. The van der Waals surface area contributed by atoms with E-state index in [9.17, 15) is 24.6 Å². The number of hydrogen-bond acceptors (Lipinski definition) is 6. The Bertz CT molecular complexity index is 1750. The number of nitrogens with one attached hydrogen (secondary N) is 1. The molecule has 1 aliphatic heterocycles. The van der Waals surface area contributed by atoms with Gasteiger partial charge in [-0.1, -0.05) is 30.3 Å². The van der Waals surface area contributed by atoms with Crippen LogP contribution < -0.4 is 10.9 Å². The summed E-state index contributed by atoms with van der Waals surface area (Å²) in [5.41, 5.74) is 5.58. The van der Waals surface area contributed by atoms with E-state index in [0.29, 0.717) is 22.1 Å². The number of phenols is 1. The lowest BCUT2D eigenvalue weighted by molar-refractivity contribution is 0.0697. The van der Waals surface area contributed by atoms with Crippen molar-refractivity contribution in [1.82, 2.24) is 5.43 Å². The molecule has 3 aromatic carbocycles. The average Bonchev–Trinajstić information content (AvgIpc) is 2.87. The molecule has 1 amide bonds. The van der Waals surface area contributed by atoms with Crippen LogP contribution in [0.25, 0.3) is 33.4 Å². The molecule has 1 heterocycles. The number of carboxylic acid groups (broad SMARTS) is 1. The van der Waals surface area contributed by atoms with Crippen LogP contribution in [0.2, 0.25) is 0 Å². The number of aromatic carboxylic acids is 1. The van der Waals surface area contributed by atoms with Crippen LogP contribution in [0, 0.1) is 6.92 Å². The van der Waals surface area contributed by atoms with Gasteiger partial charge in [0.2, 0.25) is 0 Å². The van der Waals surface area contributed by atoms with Crippen LogP contribution in [0.4, 0.5) is 0 Å². The third-order valence-corrected chi connectivity index (χ3v) is 6.02. The number of nitrogens with zero attached hydrogens (tertiary/aromatic N) is 1. The number of carboxylic acids is 1. The third-order valence-electron chi connectivity index (χ3n) is 6.02. The summed E-state index contributed by atoms with van der Waals surface area (Å²) in [7, 11) is 0. The van der Waals surface area contributed by atoms with Crippen LogP contribution in [-0.2, 0) is 0 Å². The highest BCUT2D eigenvalue weighted by Gasteiger charge is 2.23. The van der Waals surface area contributed by atoms with Crippen molar-refractivity contribution in [3.05, 3.63) is 111 Å². The molecule has 3 aromatic rings. The predicted molar refractivity (Wildman–Crippen MR) is 139 cm³/mol. The van der Waals surface area contributed by atoms with Crippen LogP contribution in [0.3, 0.4) is 0 Å². The van der Waals surface area contributed by atoms with Crippen molar-refractivity contribution >= 4 is 29.1 Å². The molecule has 0 spiro atoms. The number of phenolic OH excluding ortho intramolecular Hbond substituents is 1. The number of hydrazone groups is 1. The van der Waals surface area contributed by atoms with Gasteiger partial charge < -0.3 is 14.6 Å². The van der Waals surface area contributed by atoms with E-state index in [1.165, 1.54) is 48.7 Å². The Kier molecular flexibility index (Phi) is 5.99. The normalized spacial score (nSPS) is 11.3. The molecule has 0 unspecified atom stereocenters. The van der Waals surface area contributed by atoms with Gasteiger partial charge in [-0.25, -0.2) is 10.2 Å². The standard InChI is InChI=1S/C29H20N2O6/c1-16-4-2-3-5-18(16)15-30-31-28(34)17-6-9-21(24(12-17)29(35)36)27-22-10-7-19(32)13-25(22)37-26-14-20(33)8-11-23(26)27/h2-15,32H,1H3,(H,31,34)(H,35,36)/b30-15+. The Labute approximate surface area is 210 Å². The van der Waals surface area contributed by atoms with Gasteiger partial charge in [-0.3, -0.25) is 9.59 Å². The molecule has 0 fully saturated rings. The summed E-state index contributed by atoms with van der Waals surface area (Å²) in [6.07, 6.45) is 1.52. The van der Waals surface area contributed by atoms with Crippen molar-refractivity contribution in [2.75, 3.05) is 0 Å². The van der Waals surface area contributed by atoms with Crippen molar-refractivity contribution in [1.29, 1.82) is 0 Å². The van der Waals surface area contributed by atoms with Gasteiger partial charge in [-0.2, -0.15) is 5.10 Å². The second kappa shape index (κ2) is 9.43. The Balaban J connectivity index is 1.60. The SMILES string of the molecule is Cc1ccccc1/C=N/NC(=O)c1ccc(-c2c3ccc(=O)cc-3oc3cc(O)ccc23)c(C(=O)O)c1. The molecule has 37 heavy (non-hydrogen) atoms. The van der Waals surface area contributed by atoms with Gasteiger partial charge in [-0.15, -0.1) is 0 Å². The smallest absolute Gasteiger partial charge is 0.336 e. The van der Waals surface area contributed by atoms with Crippen LogP contribution >= 0.6 is 0 Å². The summed E-state index contributed by atoms with van der Waals surface area (Å²) in [5, 5.41) is 24.5. The van der Waals surface area contributed by atoms with Crippen molar-refractivity contribution < 1.29 is 24.2 Å². The fourth-order valence-electron chi connectivity index (χ4n) is 4.19. The molecule has 0 saturated heterocycles. The van der Waals surface area contributed by atoms with Gasteiger partial charge >= 0.3 is 5.97 Å². The minimum Gasteiger partial charge on any atom is -0.508 e. The monoisotopic (exact) mass is 492 g/mol. The van der Waals surface area contributed by atoms with Gasteiger partial charge in [-0.05, 0) is 60.0 Å². The van der Waals surface area contributed by atoms with E-state index in [-0.39, 0.29) is 33.6 Å². The first kappa shape index (κ1) is 23.5. The highest BCUT2D eigenvalue weighted by molar-refractivity contribution is 6.09. The second-order valence-corrected chi connectivity index (χ2v) is 8.44. The van der Waals surface area contributed by atoms with E-state index in [1.54, 1.807) is 12.1 Å². The maximum Gasteiger partial charge on any atom is 0.336 e. The summed E-state index contributed by atoms with van der Waals surface area (Å²) in [6.45, 7) is 1.92. The first-order valence-corrected chi connectivity index (χ1v) is 11.3. The van der Waals surface area contributed by atoms with Gasteiger partial charge in [0.05, 0.1) is 11.8 Å². The van der Waals surface area contributed by atoms with Crippen LogP contribution in [-0.4, -0.2) is 28.3 Å². The minimum absolute atomic E-state index is 0.0449. The van der Waals surface area contributed by atoms with E-state index in [2.05, 4.69) is 10.5 Å². The number of aromatic hydroxyl groups is 1. The molecule has 1 aliphatic carbocycles. The van der Waals surface area contributed by atoms with E-state index < -0.39 is 11.9 Å². The summed E-state index contributed by atoms with van der Waals surface area (Å²) in [5.74, 6) is -1.62. The molecule has 2 aliphatic rings. The maximum absolute atomic E-state index is 12.7. The number of carbonyl (C=O) groups is 2. The van der Waals surface area contributed by atoms with Gasteiger partial charge in [0.1, 0.15) is 17.1 Å². The second-order valence-electron chi connectivity index (χ2n) is 8.44. The summed E-state index contributed by atoms with van der Waals surface area (Å²) >= 11 is 0. The highest BCUT2D eigenvalue weighted by Crippen LogP contribution is 2.42. The van der Waals surface area contributed by atoms with E-state index >= 15 is 0 Å². The van der Waals surface area contributed by atoms with Gasteiger partial charge in [0.15, 0.2) is 5.43 Å². The van der Waals surface area contributed by atoms with E-state index in [4.69, 9.17) is 4.42 Å². The molecule has 0 atom stereocenters. The highest BCUT2D eigenvalue weighted by atomic mass is 16.4. The molecule has 0 aromatic heterocycles. The van der Waals surface area contributed by atoms with Crippen LogP contribution in [0.15, 0.2) is 93.2 Å². The number of hydrogen-bond donors (Lipinski definition) is 3. The molecule has 3 N–H and O–H groups in total. The summed E-state index contributed by atoms with van der Waals surface area (Å²) in [4.78, 5) is 37.0. The minimum atomic E-state index is -1.24. The predicted octanol–water partition coefficient (Wildman–Crippen LogP) is 5.04. The number of rotatable bonds is 5. The molecule has 8 nitrogen and oxygen atoms in total. The van der Waals surface area contributed by atoms with Gasteiger partial charge in [0, 0.05) is 34.2 Å². The zero-order valence-corrected chi connectivity index (χ0v) is 19.6. The molecule has 8 heteroatoms. The lowest BCUT2D eigenvalue weighted by Gasteiger charge is -2.17. The number of benzene rings is 4.